The number of hydrogen-bond donors (Lipinski definition) is 1. The molecule has 1 heterocycles. The predicted molar refractivity (Wildman–Crippen MR) is 81.0 cm³/mol. The minimum absolute atomic E-state index is 0.0112. The van der Waals surface area contributed by atoms with Crippen LogP contribution >= 0.6 is 0 Å². The maximum atomic E-state index is 14.7. The first-order valence-corrected chi connectivity index (χ1v) is 7.77. The van der Waals surface area contributed by atoms with Crippen LogP contribution in [0, 0.1) is 12.7 Å². The Balaban J connectivity index is 2.35. The summed E-state index contributed by atoms with van der Waals surface area (Å²) in [6.45, 7) is 8.82. The Labute approximate surface area is 121 Å². The van der Waals surface area contributed by atoms with Gasteiger partial charge in [-0.25, -0.2) is 4.39 Å². The monoisotopic (exact) mass is 279 g/mol. The van der Waals surface area contributed by atoms with E-state index < -0.39 is 0 Å². The van der Waals surface area contributed by atoms with Crippen LogP contribution in [0.15, 0.2) is 12.1 Å². The van der Waals surface area contributed by atoms with Gasteiger partial charge in [-0.1, -0.05) is 13.8 Å². The van der Waals surface area contributed by atoms with Crippen LogP contribution in [0.4, 0.5) is 4.39 Å². The molecule has 1 fully saturated rings. The molecule has 0 amide bonds. The molecule has 1 aromatic carbocycles. The molecule has 3 heteroatoms. The number of benzene rings is 1. The molecule has 0 spiro atoms. The van der Waals surface area contributed by atoms with Gasteiger partial charge in [-0.2, -0.15) is 0 Å². The van der Waals surface area contributed by atoms with Crippen molar-refractivity contribution in [3.05, 3.63) is 29.1 Å². The smallest absolute Gasteiger partial charge is 0.130 e. The summed E-state index contributed by atoms with van der Waals surface area (Å²) in [5, 5.41) is 3.37. The second-order valence-corrected chi connectivity index (χ2v) is 5.83. The molecule has 0 unspecified atom stereocenters. The van der Waals surface area contributed by atoms with E-state index in [4.69, 9.17) is 4.74 Å². The van der Waals surface area contributed by atoms with Crippen LogP contribution in [-0.4, -0.2) is 19.7 Å². The fraction of sp³-hybridized carbons (Fsp3) is 0.647. The topological polar surface area (TPSA) is 21.3 Å². The van der Waals surface area contributed by atoms with E-state index >= 15 is 0 Å². The number of nitrogens with one attached hydrogen (secondary N) is 1. The van der Waals surface area contributed by atoms with Crippen molar-refractivity contribution >= 4 is 0 Å². The Morgan fingerprint density at radius 2 is 1.95 bits per heavy atom. The van der Waals surface area contributed by atoms with Crippen molar-refractivity contribution in [3.8, 4) is 5.75 Å². The lowest BCUT2D eigenvalue weighted by molar-refractivity contribution is 0.284. The molecule has 2 rings (SSSR count). The van der Waals surface area contributed by atoms with E-state index in [1.165, 1.54) is 0 Å². The third-order valence-corrected chi connectivity index (χ3v) is 4.50. The molecule has 0 bridgehead atoms. The Morgan fingerprint density at radius 1 is 1.25 bits per heavy atom. The molecule has 0 atom stereocenters. The van der Waals surface area contributed by atoms with E-state index in [0.717, 1.165) is 49.9 Å². The van der Waals surface area contributed by atoms with Crippen molar-refractivity contribution in [2.75, 3.05) is 19.7 Å². The van der Waals surface area contributed by atoms with Gasteiger partial charge < -0.3 is 10.1 Å². The number of halogens is 1. The van der Waals surface area contributed by atoms with E-state index in [9.17, 15) is 4.39 Å². The van der Waals surface area contributed by atoms with Crippen LogP contribution in [0.25, 0.3) is 0 Å². The summed E-state index contributed by atoms with van der Waals surface area (Å²) in [4.78, 5) is 0. The molecule has 2 nitrogen and oxygen atoms in total. The Kier molecular flexibility index (Phi) is 5.03. The van der Waals surface area contributed by atoms with E-state index in [0.29, 0.717) is 12.4 Å². The van der Waals surface area contributed by atoms with Crippen LogP contribution in [0.3, 0.4) is 0 Å². The second kappa shape index (κ2) is 6.57. The molecule has 0 aromatic heterocycles. The summed E-state index contributed by atoms with van der Waals surface area (Å²) >= 11 is 0. The zero-order chi connectivity index (χ0) is 14.6. The molecule has 112 valence electrons. The van der Waals surface area contributed by atoms with Crippen molar-refractivity contribution in [1.29, 1.82) is 0 Å². The lowest BCUT2D eigenvalue weighted by atomic mass is 9.69. The van der Waals surface area contributed by atoms with Gasteiger partial charge >= 0.3 is 0 Å². The summed E-state index contributed by atoms with van der Waals surface area (Å²) < 4.78 is 20.2. The predicted octanol–water partition coefficient (Wildman–Crippen LogP) is 3.95. The summed E-state index contributed by atoms with van der Waals surface area (Å²) in [6, 6.07) is 3.56. The maximum absolute atomic E-state index is 14.7. The normalized spacial score (nSPS) is 18.0. The quantitative estimate of drug-likeness (QED) is 0.881. The first kappa shape index (κ1) is 15.3. The molecule has 20 heavy (non-hydrogen) atoms. The van der Waals surface area contributed by atoms with Gasteiger partial charge in [0.2, 0.25) is 0 Å². The van der Waals surface area contributed by atoms with E-state index in [1.54, 1.807) is 6.07 Å². The summed E-state index contributed by atoms with van der Waals surface area (Å²) in [6.07, 6.45) is 3.95. The zero-order valence-electron chi connectivity index (χ0n) is 12.9. The van der Waals surface area contributed by atoms with Crippen LogP contribution in [0.2, 0.25) is 0 Å². The van der Waals surface area contributed by atoms with Gasteiger partial charge in [-0.15, -0.1) is 0 Å². The molecule has 0 radical (unpaired) electrons. The van der Waals surface area contributed by atoms with Crippen LogP contribution < -0.4 is 10.1 Å². The van der Waals surface area contributed by atoms with Gasteiger partial charge in [0.25, 0.3) is 0 Å². The number of aryl methyl sites for hydroxylation is 1. The molecule has 0 saturated carbocycles. The van der Waals surface area contributed by atoms with Gasteiger partial charge in [0, 0.05) is 11.5 Å². The number of rotatable bonds is 5. The van der Waals surface area contributed by atoms with Gasteiger partial charge in [0.1, 0.15) is 11.6 Å². The van der Waals surface area contributed by atoms with Crippen LogP contribution in [-0.2, 0) is 5.41 Å². The Hall–Kier alpha value is -1.09. The standard InChI is InChI=1S/C17H26FNO/c1-4-10-20-14-11-13(3)16(15(18)12-14)17(5-2)6-8-19-9-7-17/h11-12,19H,4-10H2,1-3H3. The van der Waals surface area contributed by atoms with Crippen molar-refractivity contribution in [2.45, 2.75) is 51.9 Å². The van der Waals surface area contributed by atoms with Crippen molar-refractivity contribution < 1.29 is 9.13 Å². The number of hydrogen-bond acceptors (Lipinski definition) is 2. The van der Waals surface area contributed by atoms with Gasteiger partial charge in [0.15, 0.2) is 0 Å². The Morgan fingerprint density at radius 3 is 2.50 bits per heavy atom. The van der Waals surface area contributed by atoms with E-state index in [1.807, 2.05) is 13.0 Å². The number of piperidine rings is 1. The average Bonchev–Trinajstić information content (AvgIpc) is 2.45. The molecule has 1 saturated heterocycles. The molecular formula is C17H26FNO. The maximum Gasteiger partial charge on any atom is 0.130 e. The highest BCUT2D eigenvalue weighted by atomic mass is 19.1. The molecule has 0 aliphatic carbocycles. The van der Waals surface area contributed by atoms with Crippen molar-refractivity contribution in [1.82, 2.24) is 5.32 Å². The van der Waals surface area contributed by atoms with Crippen LogP contribution in [0.5, 0.6) is 5.75 Å². The minimum Gasteiger partial charge on any atom is -0.493 e. The molecular weight excluding hydrogens is 253 g/mol. The largest absolute Gasteiger partial charge is 0.493 e. The summed E-state index contributed by atoms with van der Waals surface area (Å²) in [7, 11) is 0. The van der Waals surface area contributed by atoms with E-state index in [2.05, 4.69) is 19.2 Å². The highest BCUT2D eigenvalue weighted by Gasteiger charge is 2.35. The lowest BCUT2D eigenvalue weighted by Crippen LogP contribution is -2.40. The minimum atomic E-state index is -0.0974. The van der Waals surface area contributed by atoms with Crippen molar-refractivity contribution in [3.63, 3.8) is 0 Å². The molecule has 1 aliphatic heterocycles. The highest BCUT2D eigenvalue weighted by Crippen LogP contribution is 2.41. The third-order valence-electron chi connectivity index (χ3n) is 4.50. The van der Waals surface area contributed by atoms with E-state index in [-0.39, 0.29) is 11.2 Å². The van der Waals surface area contributed by atoms with Gasteiger partial charge in [-0.3, -0.25) is 0 Å². The van der Waals surface area contributed by atoms with Gasteiger partial charge in [0.05, 0.1) is 6.61 Å². The fourth-order valence-corrected chi connectivity index (χ4v) is 3.37. The summed E-state index contributed by atoms with van der Waals surface area (Å²) in [5.41, 5.74) is 1.92. The SMILES string of the molecule is CCCOc1cc(C)c(C2(CC)CCNCC2)c(F)c1. The van der Waals surface area contributed by atoms with Gasteiger partial charge in [-0.05, 0) is 62.9 Å². The zero-order valence-corrected chi connectivity index (χ0v) is 12.9. The first-order valence-electron chi connectivity index (χ1n) is 7.77. The third kappa shape index (κ3) is 2.98. The number of ether oxygens (including phenoxy) is 1. The summed E-state index contributed by atoms with van der Waals surface area (Å²) in [5.74, 6) is 0.561. The van der Waals surface area contributed by atoms with Crippen molar-refractivity contribution in [2.24, 2.45) is 0 Å². The second-order valence-electron chi connectivity index (χ2n) is 5.83. The average molecular weight is 279 g/mol. The van der Waals surface area contributed by atoms with Crippen LogP contribution in [0.1, 0.15) is 50.7 Å². The molecule has 1 aliphatic rings. The first-order chi connectivity index (χ1) is 9.63. The molecule has 1 N–H and O–H groups in total. The fourth-order valence-electron chi connectivity index (χ4n) is 3.37. The Bertz CT molecular complexity index is 429. The lowest BCUT2D eigenvalue weighted by Gasteiger charge is -2.38. The molecule has 1 aromatic rings. The highest BCUT2D eigenvalue weighted by molar-refractivity contribution is 5.41.